The minimum absolute atomic E-state index is 0.256. The maximum absolute atomic E-state index is 11.5. The number of hydrogen-bond acceptors (Lipinski definition) is 3. The molecule has 0 fully saturated rings. The third-order valence-corrected chi connectivity index (χ3v) is 3.40. The first-order valence-corrected chi connectivity index (χ1v) is 7.14. The molecule has 0 bridgehead atoms. The maximum Gasteiger partial charge on any atom is 0.342 e. The van der Waals surface area contributed by atoms with Gasteiger partial charge in [-0.05, 0) is 32.1 Å². The van der Waals surface area contributed by atoms with Crippen LogP contribution < -0.4 is 0 Å². The molecule has 0 aliphatic heterocycles. The molecule has 0 amide bonds. The van der Waals surface area contributed by atoms with Gasteiger partial charge in [-0.1, -0.05) is 47.0 Å². The van der Waals surface area contributed by atoms with E-state index in [1.165, 1.54) is 12.8 Å². The number of carbonyl (C=O) groups excluding carboxylic acids is 1. The Bertz CT molecular complexity index is 232. The molecule has 0 rings (SSSR count). The van der Waals surface area contributed by atoms with E-state index < -0.39 is 5.60 Å². The van der Waals surface area contributed by atoms with Crippen molar-refractivity contribution in [3.05, 3.63) is 0 Å². The molecule has 0 aliphatic rings. The van der Waals surface area contributed by atoms with Gasteiger partial charge in [-0.2, -0.15) is 4.89 Å². The third-order valence-electron chi connectivity index (χ3n) is 3.40. The van der Waals surface area contributed by atoms with E-state index in [1.807, 2.05) is 27.7 Å². The van der Waals surface area contributed by atoms with Gasteiger partial charge in [-0.15, -0.1) is 0 Å². The summed E-state index contributed by atoms with van der Waals surface area (Å²) < 4.78 is 0. The van der Waals surface area contributed by atoms with Crippen LogP contribution in [0.5, 0.6) is 0 Å². The summed E-state index contributed by atoms with van der Waals surface area (Å²) in [5.74, 6) is 0.789. The van der Waals surface area contributed by atoms with Crippen LogP contribution in [-0.4, -0.2) is 11.6 Å². The van der Waals surface area contributed by atoms with Crippen molar-refractivity contribution in [2.24, 2.45) is 11.8 Å². The van der Waals surface area contributed by atoms with Gasteiger partial charge in [0.25, 0.3) is 0 Å². The number of hydrogen-bond donors (Lipinski definition) is 0. The largest absolute Gasteiger partial charge is 0.342 e. The Morgan fingerprint density at radius 1 is 1.06 bits per heavy atom. The topological polar surface area (TPSA) is 35.5 Å². The normalized spacial score (nSPS) is 12.2. The van der Waals surface area contributed by atoms with Gasteiger partial charge < -0.3 is 0 Å². The highest BCUT2D eigenvalue weighted by Crippen LogP contribution is 2.21. The van der Waals surface area contributed by atoms with E-state index in [-0.39, 0.29) is 5.97 Å². The van der Waals surface area contributed by atoms with Gasteiger partial charge in [0.05, 0.1) is 0 Å². The monoisotopic (exact) mass is 258 g/mol. The van der Waals surface area contributed by atoms with Crippen LogP contribution in [0.4, 0.5) is 0 Å². The van der Waals surface area contributed by atoms with Crippen LogP contribution in [0.25, 0.3) is 0 Å². The molecule has 0 radical (unpaired) electrons. The standard InChI is InChI=1S/C15H30O3/c1-12(2)10-8-7-9-11-14(16)17-18-15(5,6)13(3)4/h12-13H,7-11H2,1-6H3. The smallest absolute Gasteiger partial charge is 0.298 e. The molecule has 0 unspecified atom stereocenters. The average Bonchev–Trinajstić information content (AvgIpc) is 2.25. The van der Waals surface area contributed by atoms with Crippen LogP contribution in [0.3, 0.4) is 0 Å². The SMILES string of the molecule is CC(C)CCCCCC(=O)OOC(C)(C)C(C)C. The maximum atomic E-state index is 11.5. The molecule has 18 heavy (non-hydrogen) atoms. The summed E-state index contributed by atoms with van der Waals surface area (Å²) in [5, 5.41) is 0. The Labute approximate surface area is 112 Å². The highest BCUT2D eigenvalue weighted by Gasteiger charge is 2.26. The summed E-state index contributed by atoms with van der Waals surface area (Å²) in [5.41, 5.74) is -0.423. The van der Waals surface area contributed by atoms with Crippen molar-refractivity contribution in [2.45, 2.75) is 79.2 Å². The number of unbranched alkanes of at least 4 members (excludes halogenated alkanes) is 2. The van der Waals surface area contributed by atoms with Crippen LogP contribution in [0, 0.1) is 11.8 Å². The van der Waals surface area contributed by atoms with Crippen LogP contribution in [0.1, 0.15) is 73.6 Å². The molecule has 0 atom stereocenters. The molecule has 0 heterocycles. The van der Waals surface area contributed by atoms with E-state index >= 15 is 0 Å². The fraction of sp³-hybridized carbons (Fsp3) is 0.933. The number of rotatable bonds is 9. The minimum atomic E-state index is -0.423. The highest BCUT2D eigenvalue weighted by molar-refractivity contribution is 5.68. The summed E-state index contributed by atoms with van der Waals surface area (Å²) in [6, 6.07) is 0. The van der Waals surface area contributed by atoms with Crippen LogP contribution in [0.2, 0.25) is 0 Å². The Kier molecular flexibility index (Phi) is 8.25. The third kappa shape index (κ3) is 8.51. The lowest BCUT2D eigenvalue weighted by atomic mass is 9.95. The molecule has 3 nitrogen and oxygen atoms in total. The Hall–Kier alpha value is -0.570. The molecule has 0 aromatic carbocycles. The van der Waals surface area contributed by atoms with Crippen molar-refractivity contribution in [1.82, 2.24) is 0 Å². The highest BCUT2D eigenvalue weighted by atomic mass is 17.2. The van der Waals surface area contributed by atoms with E-state index in [0.29, 0.717) is 12.3 Å². The van der Waals surface area contributed by atoms with Crippen molar-refractivity contribution >= 4 is 5.97 Å². The summed E-state index contributed by atoms with van der Waals surface area (Å²) in [4.78, 5) is 21.5. The summed E-state index contributed by atoms with van der Waals surface area (Å²) >= 11 is 0. The number of carbonyl (C=O) groups is 1. The Balaban J connectivity index is 3.61. The summed E-state index contributed by atoms with van der Waals surface area (Å²) in [6.45, 7) is 12.4. The lowest BCUT2D eigenvalue weighted by Gasteiger charge is -2.26. The summed E-state index contributed by atoms with van der Waals surface area (Å²) in [6.07, 6.45) is 4.83. The summed E-state index contributed by atoms with van der Waals surface area (Å²) in [7, 11) is 0. The molecule has 0 N–H and O–H groups in total. The second kappa shape index (κ2) is 8.52. The molecule has 0 saturated heterocycles. The zero-order valence-electron chi connectivity index (χ0n) is 12.9. The molecular weight excluding hydrogens is 228 g/mol. The van der Waals surface area contributed by atoms with Crippen molar-refractivity contribution in [3.8, 4) is 0 Å². The van der Waals surface area contributed by atoms with E-state index in [0.717, 1.165) is 18.8 Å². The molecule has 0 spiro atoms. The van der Waals surface area contributed by atoms with E-state index in [2.05, 4.69) is 13.8 Å². The van der Waals surface area contributed by atoms with Crippen LogP contribution >= 0.6 is 0 Å². The first kappa shape index (κ1) is 17.4. The molecule has 0 aromatic heterocycles. The van der Waals surface area contributed by atoms with Crippen LogP contribution in [0.15, 0.2) is 0 Å². The van der Waals surface area contributed by atoms with Crippen molar-refractivity contribution in [3.63, 3.8) is 0 Å². The van der Waals surface area contributed by atoms with E-state index in [9.17, 15) is 4.79 Å². The van der Waals surface area contributed by atoms with Gasteiger partial charge >= 0.3 is 5.97 Å². The van der Waals surface area contributed by atoms with Gasteiger partial charge in [0, 0.05) is 6.42 Å². The molecular formula is C15H30O3. The molecule has 108 valence electrons. The minimum Gasteiger partial charge on any atom is -0.298 e. The lowest BCUT2D eigenvalue weighted by Crippen LogP contribution is -2.32. The van der Waals surface area contributed by atoms with Gasteiger partial charge in [-0.3, -0.25) is 4.89 Å². The van der Waals surface area contributed by atoms with Gasteiger partial charge in [0.2, 0.25) is 0 Å². The van der Waals surface area contributed by atoms with Gasteiger partial charge in [-0.25, -0.2) is 4.79 Å². The van der Waals surface area contributed by atoms with Crippen molar-refractivity contribution < 1.29 is 14.6 Å². The second-order valence-electron chi connectivity index (χ2n) is 6.29. The predicted octanol–water partition coefficient (Wildman–Crippen LogP) is 4.50. The Morgan fingerprint density at radius 2 is 1.67 bits per heavy atom. The van der Waals surface area contributed by atoms with Gasteiger partial charge in [0.1, 0.15) is 5.60 Å². The zero-order valence-corrected chi connectivity index (χ0v) is 12.9. The molecule has 0 aliphatic carbocycles. The zero-order chi connectivity index (χ0) is 14.2. The van der Waals surface area contributed by atoms with E-state index in [1.54, 1.807) is 0 Å². The van der Waals surface area contributed by atoms with Crippen LogP contribution in [-0.2, 0) is 14.6 Å². The molecule has 0 aromatic rings. The Morgan fingerprint density at radius 3 is 2.17 bits per heavy atom. The van der Waals surface area contributed by atoms with E-state index in [4.69, 9.17) is 9.78 Å². The first-order chi connectivity index (χ1) is 8.25. The fourth-order valence-corrected chi connectivity index (χ4v) is 1.29. The van der Waals surface area contributed by atoms with Crippen molar-refractivity contribution in [1.29, 1.82) is 0 Å². The lowest BCUT2D eigenvalue weighted by molar-refractivity contribution is -0.334. The quantitative estimate of drug-likeness (QED) is 0.347. The average molecular weight is 258 g/mol. The van der Waals surface area contributed by atoms with Gasteiger partial charge in [0.15, 0.2) is 0 Å². The molecule has 3 heteroatoms. The predicted molar refractivity (Wildman–Crippen MR) is 74.0 cm³/mol. The first-order valence-electron chi connectivity index (χ1n) is 7.14. The fourth-order valence-electron chi connectivity index (χ4n) is 1.29. The molecule has 0 saturated carbocycles. The second-order valence-corrected chi connectivity index (χ2v) is 6.29. The van der Waals surface area contributed by atoms with Crippen molar-refractivity contribution in [2.75, 3.05) is 0 Å².